The van der Waals surface area contributed by atoms with Crippen molar-refractivity contribution in [3.05, 3.63) is 47.3 Å². The molecule has 0 spiro atoms. The molecule has 1 aliphatic rings. The summed E-state index contributed by atoms with van der Waals surface area (Å²) in [5.74, 6) is 1.62. The molecule has 1 heterocycles. The van der Waals surface area contributed by atoms with Crippen LogP contribution in [-0.2, 0) is 4.79 Å². The van der Waals surface area contributed by atoms with E-state index in [1.165, 1.54) is 24.3 Å². The minimum Gasteiger partial charge on any atom is -0.387 e. The third-order valence-electron chi connectivity index (χ3n) is 3.19. The van der Waals surface area contributed by atoms with Gasteiger partial charge in [-0.2, -0.15) is 11.8 Å². The van der Waals surface area contributed by atoms with E-state index in [0.717, 1.165) is 29.9 Å². The minimum atomic E-state index is -0.820. The Balaban J connectivity index is 1.82. The maximum Gasteiger partial charge on any atom is 0.244 e. The van der Waals surface area contributed by atoms with Crippen LogP contribution in [0.5, 0.6) is 0 Å². The summed E-state index contributed by atoms with van der Waals surface area (Å²) in [6, 6.07) is 5.62. The highest BCUT2D eigenvalue weighted by atomic mass is 32.2. The largest absolute Gasteiger partial charge is 0.387 e. The van der Waals surface area contributed by atoms with Gasteiger partial charge < -0.3 is 10.4 Å². The predicted octanol–water partition coefficient (Wildman–Crippen LogP) is 2.43. The summed E-state index contributed by atoms with van der Waals surface area (Å²) in [6.45, 7) is 0.128. The number of nitrogens with one attached hydrogen (secondary N) is 1. The summed E-state index contributed by atoms with van der Waals surface area (Å²) >= 11 is 1.90. The number of aliphatic hydroxyl groups is 1. The van der Waals surface area contributed by atoms with Crippen molar-refractivity contribution in [2.24, 2.45) is 0 Å². The van der Waals surface area contributed by atoms with Crippen molar-refractivity contribution >= 4 is 17.7 Å². The smallest absolute Gasteiger partial charge is 0.244 e. The molecule has 1 unspecified atom stereocenters. The quantitative estimate of drug-likeness (QED) is 0.839. The van der Waals surface area contributed by atoms with Crippen LogP contribution in [0.15, 0.2) is 35.9 Å². The average molecular weight is 295 g/mol. The molecule has 1 fully saturated rings. The van der Waals surface area contributed by atoms with E-state index in [-0.39, 0.29) is 18.3 Å². The normalized spacial score (nSPS) is 16.6. The molecular formula is C15H18FNO2S. The number of hydrogen-bond donors (Lipinski definition) is 2. The van der Waals surface area contributed by atoms with Crippen LogP contribution in [0.1, 0.15) is 24.5 Å². The summed E-state index contributed by atoms with van der Waals surface area (Å²) in [4.78, 5) is 11.7. The second kappa shape index (κ2) is 7.45. The van der Waals surface area contributed by atoms with E-state index in [1.807, 2.05) is 11.8 Å². The fourth-order valence-corrected chi connectivity index (χ4v) is 3.03. The average Bonchev–Trinajstić information content (AvgIpc) is 2.46. The molecule has 1 saturated heterocycles. The molecule has 108 valence electrons. The van der Waals surface area contributed by atoms with E-state index >= 15 is 0 Å². The zero-order chi connectivity index (χ0) is 14.4. The van der Waals surface area contributed by atoms with Crippen molar-refractivity contribution < 1.29 is 14.3 Å². The predicted molar refractivity (Wildman–Crippen MR) is 79.0 cm³/mol. The Kier molecular flexibility index (Phi) is 5.61. The zero-order valence-corrected chi connectivity index (χ0v) is 12.0. The Bertz CT molecular complexity index is 479. The first-order chi connectivity index (χ1) is 9.65. The fraction of sp³-hybridized carbons (Fsp3) is 0.400. The van der Waals surface area contributed by atoms with Crippen LogP contribution >= 0.6 is 11.8 Å². The Morgan fingerprint density at radius 3 is 2.65 bits per heavy atom. The van der Waals surface area contributed by atoms with Crippen LogP contribution in [0, 0.1) is 5.82 Å². The summed E-state index contributed by atoms with van der Waals surface area (Å²) in [6.07, 6.45) is 2.73. The summed E-state index contributed by atoms with van der Waals surface area (Å²) in [7, 11) is 0. The van der Waals surface area contributed by atoms with Gasteiger partial charge in [-0.05, 0) is 42.0 Å². The van der Waals surface area contributed by atoms with Crippen molar-refractivity contribution in [3.8, 4) is 0 Å². The number of allylic oxidation sites excluding steroid dienone is 1. The molecule has 1 aliphatic heterocycles. The van der Waals surface area contributed by atoms with Crippen LogP contribution < -0.4 is 5.32 Å². The summed E-state index contributed by atoms with van der Waals surface area (Å²) in [5.41, 5.74) is 1.76. The van der Waals surface area contributed by atoms with Crippen LogP contribution in [0.4, 0.5) is 4.39 Å². The van der Waals surface area contributed by atoms with Gasteiger partial charge in [0.2, 0.25) is 5.91 Å². The second-order valence-electron chi connectivity index (χ2n) is 4.73. The van der Waals surface area contributed by atoms with E-state index < -0.39 is 6.10 Å². The Hall–Kier alpha value is -1.33. The van der Waals surface area contributed by atoms with E-state index in [9.17, 15) is 14.3 Å². The molecule has 0 saturated carbocycles. The van der Waals surface area contributed by atoms with Gasteiger partial charge in [0.1, 0.15) is 5.82 Å². The topological polar surface area (TPSA) is 49.3 Å². The molecule has 2 rings (SSSR count). The van der Waals surface area contributed by atoms with Gasteiger partial charge in [0.25, 0.3) is 0 Å². The van der Waals surface area contributed by atoms with Crippen molar-refractivity contribution in [3.63, 3.8) is 0 Å². The molecule has 1 aromatic rings. The molecule has 0 aliphatic carbocycles. The first kappa shape index (κ1) is 15.1. The highest BCUT2D eigenvalue weighted by Crippen LogP contribution is 2.21. The van der Waals surface area contributed by atoms with E-state index in [4.69, 9.17) is 0 Å². The van der Waals surface area contributed by atoms with E-state index in [2.05, 4.69) is 5.32 Å². The summed E-state index contributed by atoms with van der Waals surface area (Å²) < 4.78 is 12.8. The molecule has 0 aromatic heterocycles. The van der Waals surface area contributed by atoms with Crippen LogP contribution in [0.2, 0.25) is 0 Å². The molecule has 2 N–H and O–H groups in total. The van der Waals surface area contributed by atoms with Crippen LogP contribution in [0.25, 0.3) is 0 Å². The molecular weight excluding hydrogens is 277 g/mol. The molecule has 5 heteroatoms. The third-order valence-corrected chi connectivity index (χ3v) is 4.18. The number of carbonyl (C=O) groups is 1. The molecule has 3 nitrogen and oxygen atoms in total. The van der Waals surface area contributed by atoms with Crippen molar-refractivity contribution in [1.82, 2.24) is 5.32 Å². The van der Waals surface area contributed by atoms with Gasteiger partial charge in [0.05, 0.1) is 6.10 Å². The lowest BCUT2D eigenvalue weighted by Crippen LogP contribution is -2.27. The molecule has 1 amide bonds. The van der Waals surface area contributed by atoms with E-state index in [0.29, 0.717) is 5.56 Å². The van der Waals surface area contributed by atoms with Gasteiger partial charge in [0, 0.05) is 12.6 Å². The number of halogens is 1. The fourth-order valence-electron chi connectivity index (χ4n) is 2.01. The number of carbonyl (C=O) groups excluding carboxylic acids is 1. The Morgan fingerprint density at radius 2 is 2.00 bits per heavy atom. The van der Waals surface area contributed by atoms with Gasteiger partial charge in [-0.3, -0.25) is 4.79 Å². The Labute approximate surface area is 122 Å². The first-order valence-electron chi connectivity index (χ1n) is 6.63. The van der Waals surface area contributed by atoms with Crippen LogP contribution in [0.3, 0.4) is 0 Å². The number of hydrogen-bond acceptors (Lipinski definition) is 3. The third kappa shape index (κ3) is 4.65. The molecule has 0 radical (unpaired) electrons. The van der Waals surface area contributed by atoms with Crippen molar-refractivity contribution in [2.75, 3.05) is 18.1 Å². The standard InChI is InChI=1S/C15H18FNO2S/c16-13-3-1-12(2-4-13)14(18)10-17-15(19)9-11-5-7-20-8-6-11/h1-4,9,14,18H,5-8,10H2,(H,17,19). The molecule has 1 aromatic carbocycles. The lowest BCUT2D eigenvalue weighted by molar-refractivity contribution is -0.117. The molecule has 1 atom stereocenters. The lowest BCUT2D eigenvalue weighted by atomic mass is 10.1. The maximum atomic E-state index is 12.8. The number of thioether (sulfide) groups is 1. The van der Waals surface area contributed by atoms with E-state index in [1.54, 1.807) is 6.08 Å². The number of rotatable bonds is 4. The second-order valence-corrected chi connectivity index (χ2v) is 5.95. The Morgan fingerprint density at radius 1 is 1.35 bits per heavy atom. The van der Waals surface area contributed by atoms with Crippen molar-refractivity contribution in [2.45, 2.75) is 18.9 Å². The van der Waals surface area contributed by atoms with Gasteiger partial charge in [-0.25, -0.2) is 4.39 Å². The zero-order valence-electron chi connectivity index (χ0n) is 11.1. The monoisotopic (exact) mass is 295 g/mol. The molecule has 0 bridgehead atoms. The van der Waals surface area contributed by atoms with Crippen LogP contribution in [-0.4, -0.2) is 29.1 Å². The minimum absolute atomic E-state index is 0.128. The van der Waals surface area contributed by atoms with Gasteiger partial charge in [-0.15, -0.1) is 0 Å². The first-order valence-corrected chi connectivity index (χ1v) is 7.79. The lowest BCUT2D eigenvalue weighted by Gasteiger charge is -2.14. The number of benzene rings is 1. The SMILES string of the molecule is O=C(C=C1CCSCC1)NCC(O)c1ccc(F)cc1. The highest BCUT2D eigenvalue weighted by molar-refractivity contribution is 7.99. The number of amides is 1. The maximum absolute atomic E-state index is 12.8. The van der Waals surface area contributed by atoms with Gasteiger partial charge in [0.15, 0.2) is 0 Å². The molecule has 20 heavy (non-hydrogen) atoms. The highest BCUT2D eigenvalue weighted by Gasteiger charge is 2.10. The van der Waals surface area contributed by atoms with Gasteiger partial charge in [-0.1, -0.05) is 17.7 Å². The number of aliphatic hydroxyl groups excluding tert-OH is 1. The van der Waals surface area contributed by atoms with Crippen molar-refractivity contribution in [1.29, 1.82) is 0 Å². The van der Waals surface area contributed by atoms with Gasteiger partial charge >= 0.3 is 0 Å². The summed E-state index contributed by atoms with van der Waals surface area (Å²) in [5, 5.41) is 12.6.